The second-order valence-electron chi connectivity index (χ2n) is 9.34. The molecule has 40 heavy (non-hydrogen) atoms. The van der Waals surface area contributed by atoms with Gasteiger partial charge in [0.2, 0.25) is 0 Å². The first-order valence-corrected chi connectivity index (χ1v) is 12.6. The Morgan fingerprint density at radius 1 is 0.350 bits per heavy atom. The fraction of sp³-hybridized carbons (Fsp3) is 0. The van der Waals surface area contributed by atoms with Gasteiger partial charge in [-0.25, -0.2) is 0 Å². The fourth-order valence-electron chi connectivity index (χ4n) is 5.44. The Bertz CT molecular complexity index is 3010. The average molecular weight is 522 g/mol. The molecule has 8 aromatic carbocycles. The van der Waals surface area contributed by atoms with Crippen LogP contribution in [0.15, 0.2) is 157 Å². The summed E-state index contributed by atoms with van der Waals surface area (Å²) in [6, 6.07) is 10.5. The maximum atomic E-state index is 9.37. The van der Waals surface area contributed by atoms with E-state index in [1.807, 2.05) is 30.3 Å². The monoisotopic (exact) mass is 521 g/mol. The van der Waals surface area contributed by atoms with Crippen molar-refractivity contribution in [3.05, 3.63) is 157 Å². The Morgan fingerprint density at radius 2 is 1.00 bits per heavy atom. The standard InChI is InChI=1S/C40H26/c1-2-13-28(14-3-1)39-35-16-6-8-18-37(35)40(38-19-9-7-17-36(38)39)34-23-11-21-32-31(20-10-22-33(32)34)30-25-24-27-12-4-5-15-29(27)26-30/h1-26H/i1D,2D,3D,6D,9D,10D,11D,13D,14D,17D,18D,20D,21D,22D,23D. The molecule has 0 atom stereocenters. The number of fused-ring (bicyclic) bond motifs is 4. The Kier molecular flexibility index (Phi) is 2.84. The van der Waals surface area contributed by atoms with Crippen LogP contribution in [0.2, 0.25) is 0 Å². The summed E-state index contributed by atoms with van der Waals surface area (Å²) < 4.78 is 133. The minimum Gasteiger partial charge on any atom is -0.0622 e. The van der Waals surface area contributed by atoms with E-state index >= 15 is 0 Å². The van der Waals surface area contributed by atoms with Gasteiger partial charge in [0.1, 0.15) is 0 Å². The second-order valence-corrected chi connectivity index (χ2v) is 9.34. The smallest absolute Gasteiger partial charge is 0.0622 e. The van der Waals surface area contributed by atoms with E-state index < -0.39 is 60.4 Å². The summed E-state index contributed by atoms with van der Waals surface area (Å²) >= 11 is 0. The Labute approximate surface area is 254 Å². The maximum Gasteiger partial charge on any atom is 0.0629 e. The van der Waals surface area contributed by atoms with Gasteiger partial charge in [-0.3, -0.25) is 0 Å². The number of hydrogen-bond donors (Lipinski definition) is 0. The largest absolute Gasteiger partial charge is 0.0629 e. The van der Waals surface area contributed by atoms with Crippen LogP contribution in [0.5, 0.6) is 0 Å². The highest BCUT2D eigenvalue weighted by Gasteiger charge is 2.18. The summed E-state index contributed by atoms with van der Waals surface area (Å²) in [6.07, 6.45) is 0. The SMILES string of the molecule is [2H]c1cc([2H])c2c(-c3c([2H])c([2H])c([2H])c([2H])c3[2H])c3cc([2H])cc([2H])c3c(-c3c([2H])c([2H])c([2H])c4c(-c5ccc6ccccc6c5)c([2H])c([2H])c([2H])c34)c2c1. The molecule has 0 nitrogen and oxygen atoms in total. The molecule has 0 heteroatoms. The zero-order valence-electron chi connectivity index (χ0n) is 35.9. The molecular formula is C40H26. The van der Waals surface area contributed by atoms with Gasteiger partial charge < -0.3 is 0 Å². The summed E-state index contributed by atoms with van der Waals surface area (Å²) in [7, 11) is 0. The molecule has 0 bridgehead atoms. The van der Waals surface area contributed by atoms with Crippen LogP contribution in [0.3, 0.4) is 0 Å². The highest BCUT2D eigenvalue weighted by atomic mass is 14.2. The minimum atomic E-state index is -0.656. The van der Waals surface area contributed by atoms with E-state index in [1.54, 1.807) is 12.1 Å². The van der Waals surface area contributed by atoms with Crippen molar-refractivity contribution < 1.29 is 20.6 Å². The lowest BCUT2D eigenvalue weighted by Gasteiger charge is -2.19. The quantitative estimate of drug-likeness (QED) is 0.203. The van der Waals surface area contributed by atoms with Crippen LogP contribution in [-0.4, -0.2) is 0 Å². The van der Waals surface area contributed by atoms with E-state index in [9.17, 15) is 5.48 Å². The second kappa shape index (κ2) is 9.22. The first-order valence-electron chi connectivity index (χ1n) is 20.1. The van der Waals surface area contributed by atoms with Gasteiger partial charge in [-0.15, -0.1) is 0 Å². The molecule has 0 aromatic heterocycles. The molecule has 0 heterocycles. The third-order valence-corrected chi connectivity index (χ3v) is 7.17. The molecule has 0 N–H and O–H groups in total. The summed E-state index contributed by atoms with van der Waals surface area (Å²) in [5.74, 6) is 0. The van der Waals surface area contributed by atoms with Crippen molar-refractivity contribution in [2.45, 2.75) is 0 Å². The third kappa shape index (κ3) is 3.54. The normalized spacial score (nSPS) is 16.8. The summed E-state index contributed by atoms with van der Waals surface area (Å²) in [5.41, 5.74) is -0.105. The van der Waals surface area contributed by atoms with Crippen molar-refractivity contribution >= 4 is 43.1 Å². The molecule has 8 rings (SSSR count). The summed E-state index contributed by atoms with van der Waals surface area (Å²) in [4.78, 5) is 0. The molecule has 0 saturated carbocycles. The molecule has 0 radical (unpaired) electrons. The summed E-state index contributed by atoms with van der Waals surface area (Å²) in [5, 5.41) is 1.41. The zero-order chi connectivity index (χ0) is 39.5. The molecule has 186 valence electrons. The highest BCUT2D eigenvalue weighted by molar-refractivity contribution is 6.24. The van der Waals surface area contributed by atoms with Crippen molar-refractivity contribution in [1.29, 1.82) is 0 Å². The molecule has 0 saturated heterocycles. The lowest BCUT2D eigenvalue weighted by Crippen LogP contribution is -1.92. The van der Waals surface area contributed by atoms with Gasteiger partial charge in [0, 0.05) is 0 Å². The molecule has 0 aliphatic rings. The zero-order valence-corrected chi connectivity index (χ0v) is 20.9. The Hall–Kier alpha value is -5.20. The minimum absolute atomic E-state index is 0.00304. The van der Waals surface area contributed by atoms with Crippen molar-refractivity contribution in [3.63, 3.8) is 0 Å². The molecular weight excluding hydrogens is 480 g/mol. The van der Waals surface area contributed by atoms with E-state index in [4.69, 9.17) is 15.1 Å². The Morgan fingerprint density at radius 3 is 1.77 bits per heavy atom. The number of rotatable bonds is 3. The van der Waals surface area contributed by atoms with Crippen LogP contribution in [-0.2, 0) is 0 Å². The Balaban J connectivity index is 1.67. The van der Waals surface area contributed by atoms with Crippen LogP contribution in [0, 0.1) is 0 Å². The predicted molar refractivity (Wildman–Crippen MR) is 173 cm³/mol. The van der Waals surface area contributed by atoms with E-state index in [1.165, 1.54) is 24.3 Å². The van der Waals surface area contributed by atoms with Crippen molar-refractivity contribution in [1.82, 2.24) is 0 Å². The van der Waals surface area contributed by atoms with E-state index in [2.05, 4.69) is 0 Å². The third-order valence-electron chi connectivity index (χ3n) is 7.17. The van der Waals surface area contributed by atoms with Crippen molar-refractivity contribution in [2.24, 2.45) is 0 Å². The number of benzene rings is 8. The average Bonchev–Trinajstić information content (AvgIpc) is 3.15. The fourth-order valence-corrected chi connectivity index (χ4v) is 5.44. The molecule has 0 fully saturated rings. The van der Waals surface area contributed by atoms with Crippen LogP contribution in [0.4, 0.5) is 0 Å². The van der Waals surface area contributed by atoms with E-state index in [0.717, 1.165) is 10.8 Å². The lowest BCUT2D eigenvalue weighted by molar-refractivity contribution is 1.65. The highest BCUT2D eigenvalue weighted by Crippen LogP contribution is 2.46. The van der Waals surface area contributed by atoms with E-state index in [-0.39, 0.29) is 90.3 Å². The first kappa shape index (κ1) is 12.3. The molecule has 8 aromatic rings. The predicted octanol–water partition coefficient (Wildman–Crippen LogP) is 11.3. The molecule has 0 spiro atoms. The lowest BCUT2D eigenvalue weighted by atomic mass is 9.84. The first-order chi connectivity index (χ1) is 26.0. The van der Waals surface area contributed by atoms with E-state index in [0.29, 0.717) is 5.56 Å². The van der Waals surface area contributed by atoms with Crippen molar-refractivity contribution in [3.8, 4) is 33.4 Å². The van der Waals surface area contributed by atoms with Gasteiger partial charge >= 0.3 is 0 Å². The van der Waals surface area contributed by atoms with Crippen molar-refractivity contribution in [2.75, 3.05) is 0 Å². The van der Waals surface area contributed by atoms with Crippen LogP contribution < -0.4 is 0 Å². The van der Waals surface area contributed by atoms with Crippen LogP contribution >= 0.6 is 0 Å². The topological polar surface area (TPSA) is 0 Å². The molecule has 0 amide bonds. The van der Waals surface area contributed by atoms with Gasteiger partial charge in [-0.05, 0) is 82.5 Å². The van der Waals surface area contributed by atoms with Gasteiger partial charge in [0.05, 0.1) is 20.6 Å². The molecule has 0 unspecified atom stereocenters. The summed E-state index contributed by atoms with van der Waals surface area (Å²) in [6.45, 7) is 0. The van der Waals surface area contributed by atoms with Crippen LogP contribution in [0.1, 0.15) is 20.6 Å². The molecule has 0 aliphatic carbocycles. The van der Waals surface area contributed by atoms with Crippen LogP contribution in [0.25, 0.3) is 76.5 Å². The van der Waals surface area contributed by atoms with Gasteiger partial charge in [-0.1, -0.05) is 151 Å². The van der Waals surface area contributed by atoms with Gasteiger partial charge in [0.25, 0.3) is 0 Å². The van der Waals surface area contributed by atoms with Gasteiger partial charge in [0.15, 0.2) is 0 Å². The number of hydrogen-bond acceptors (Lipinski definition) is 0. The van der Waals surface area contributed by atoms with Gasteiger partial charge in [-0.2, -0.15) is 0 Å². The molecule has 0 aliphatic heterocycles. The maximum absolute atomic E-state index is 9.37.